The maximum atomic E-state index is 12.7. The number of imidazole rings is 1. The van der Waals surface area contributed by atoms with E-state index in [0.29, 0.717) is 17.4 Å². The second kappa shape index (κ2) is 4.84. The fourth-order valence-electron chi connectivity index (χ4n) is 3.23. The third kappa shape index (κ3) is 2.08. The minimum atomic E-state index is -0.158. The maximum absolute atomic E-state index is 12.7. The molecule has 7 nitrogen and oxygen atoms in total. The van der Waals surface area contributed by atoms with Crippen LogP contribution in [0.3, 0.4) is 0 Å². The molecular weight excluding hydrogens is 292 g/mol. The van der Waals surface area contributed by atoms with Crippen LogP contribution in [0.5, 0.6) is 0 Å². The van der Waals surface area contributed by atoms with Crippen molar-refractivity contribution in [2.45, 2.75) is 26.3 Å². The van der Waals surface area contributed by atoms with E-state index in [4.69, 9.17) is 0 Å². The number of H-pyrrole nitrogens is 1. The summed E-state index contributed by atoms with van der Waals surface area (Å²) in [6.45, 7) is 4.04. The minimum absolute atomic E-state index is 0.158. The van der Waals surface area contributed by atoms with Gasteiger partial charge in [-0.3, -0.25) is 9.48 Å². The first-order valence-electron chi connectivity index (χ1n) is 7.60. The van der Waals surface area contributed by atoms with Gasteiger partial charge in [-0.2, -0.15) is 5.10 Å². The summed E-state index contributed by atoms with van der Waals surface area (Å²) in [5, 5.41) is 7.17. The van der Waals surface area contributed by atoms with Crippen LogP contribution >= 0.6 is 0 Å². The van der Waals surface area contributed by atoms with Crippen molar-refractivity contribution in [1.82, 2.24) is 24.3 Å². The van der Waals surface area contributed by atoms with E-state index in [-0.39, 0.29) is 5.91 Å². The van der Waals surface area contributed by atoms with Gasteiger partial charge in [0, 0.05) is 49.9 Å². The molecule has 0 spiro atoms. The van der Waals surface area contributed by atoms with Gasteiger partial charge in [-0.25, -0.2) is 4.98 Å². The number of anilines is 1. The molecule has 0 saturated carbocycles. The topological polar surface area (TPSA) is 80.5 Å². The van der Waals surface area contributed by atoms with Crippen molar-refractivity contribution in [3.05, 3.63) is 41.6 Å². The van der Waals surface area contributed by atoms with E-state index in [1.165, 1.54) is 0 Å². The number of fused-ring (bicyclic) bond motifs is 3. The van der Waals surface area contributed by atoms with Crippen LogP contribution in [0, 0.1) is 6.92 Å². The summed E-state index contributed by atoms with van der Waals surface area (Å²) in [6, 6.07) is 2.18. The number of carbonyl (C=O) groups is 1. The number of rotatable bonds is 2. The van der Waals surface area contributed by atoms with Crippen molar-refractivity contribution < 1.29 is 4.79 Å². The van der Waals surface area contributed by atoms with Crippen molar-refractivity contribution >= 4 is 11.7 Å². The summed E-state index contributed by atoms with van der Waals surface area (Å²) in [5.74, 6) is 1.36. The molecular formula is C16H18N6O. The Morgan fingerprint density at radius 1 is 1.48 bits per heavy atom. The second-order valence-corrected chi connectivity index (χ2v) is 6.02. The molecule has 118 valence electrons. The fraction of sp³-hybridized carbons (Fsp3) is 0.312. The number of nitrogens with zero attached hydrogens (tertiary/aromatic N) is 4. The van der Waals surface area contributed by atoms with E-state index < -0.39 is 0 Å². The van der Waals surface area contributed by atoms with Crippen molar-refractivity contribution in [1.29, 1.82) is 0 Å². The number of carbonyl (C=O) groups excluding carboxylic acids is 1. The Balaban J connectivity index is 1.73. The van der Waals surface area contributed by atoms with Gasteiger partial charge in [0.1, 0.15) is 11.6 Å². The summed E-state index contributed by atoms with van der Waals surface area (Å²) in [4.78, 5) is 20.4. The van der Waals surface area contributed by atoms with Gasteiger partial charge >= 0.3 is 0 Å². The lowest BCUT2D eigenvalue weighted by atomic mass is 10.0. The largest absolute Gasteiger partial charge is 0.364 e. The lowest BCUT2D eigenvalue weighted by molar-refractivity contribution is 0.102. The van der Waals surface area contributed by atoms with Crippen molar-refractivity contribution in [2.75, 3.05) is 5.32 Å². The van der Waals surface area contributed by atoms with Gasteiger partial charge < -0.3 is 14.9 Å². The molecule has 0 radical (unpaired) electrons. The van der Waals surface area contributed by atoms with Crippen LogP contribution in [0.25, 0.3) is 11.4 Å². The predicted octanol–water partition coefficient (Wildman–Crippen LogP) is 2.29. The molecule has 4 rings (SSSR count). The van der Waals surface area contributed by atoms with Crippen LogP contribution in [0.4, 0.5) is 5.82 Å². The number of hydrogen-bond acceptors (Lipinski definition) is 3. The predicted molar refractivity (Wildman–Crippen MR) is 86.3 cm³/mol. The van der Waals surface area contributed by atoms with Crippen LogP contribution in [0.2, 0.25) is 0 Å². The highest BCUT2D eigenvalue weighted by molar-refractivity contribution is 6.08. The Morgan fingerprint density at radius 2 is 2.30 bits per heavy atom. The van der Waals surface area contributed by atoms with Crippen LogP contribution < -0.4 is 5.32 Å². The number of aryl methyl sites for hydroxylation is 2. The number of aromatic nitrogens is 5. The smallest absolute Gasteiger partial charge is 0.259 e. The molecule has 7 heteroatoms. The highest BCUT2D eigenvalue weighted by Crippen LogP contribution is 2.35. The van der Waals surface area contributed by atoms with E-state index in [9.17, 15) is 4.79 Å². The average molecular weight is 310 g/mol. The maximum Gasteiger partial charge on any atom is 0.259 e. The van der Waals surface area contributed by atoms with Gasteiger partial charge in [-0.15, -0.1) is 0 Å². The van der Waals surface area contributed by atoms with E-state index >= 15 is 0 Å². The highest BCUT2D eigenvalue weighted by Gasteiger charge is 2.28. The van der Waals surface area contributed by atoms with E-state index in [0.717, 1.165) is 29.2 Å². The molecule has 4 heterocycles. The first-order valence-corrected chi connectivity index (χ1v) is 7.60. The molecule has 0 aliphatic carbocycles. The molecule has 23 heavy (non-hydrogen) atoms. The van der Waals surface area contributed by atoms with Gasteiger partial charge in [0.25, 0.3) is 5.91 Å². The zero-order valence-corrected chi connectivity index (χ0v) is 13.3. The molecule has 1 aliphatic heterocycles. The summed E-state index contributed by atoms with van der Waals surface area (Å²) in [5.41, 5.74) is 3.42. The molecule has 3 aromatic rings. The lowest BCUT2D eigenvalue weighted by Gasteiger charge is -2.22. The second-order valence-electron chi connectivity index (χ2n) is 6.02. The Morgan fingerprint density at radius 3 is 3.04 bits per heavy atom. The molecule has 0 unspecified atom stereocenters. The van der Waals surface area contributed by atoms with E-state index in [1.807, 2.05) is 26.2 Å². The summed E-state index contributed by atoms with van der Waals surface area (Å²) < 4.78 is 3.77. The zero-order chi connectivity index (χ0) is 16.1. The van der Waals surface area contributed by atoms with Crippen LogP contribution in [-0.4, -0.2) is 30.2 Å². The Kier molecular flexibility index (Phi) is 2.90. The zero-order valence-electron chi connectivity index (χ0n) is 13.3. The van der Waals surface area contributed by atoms with Gasteiger partial charge in [-0.05, 0) is 13.8 Å². The van der Waals surface area contributed by atoms with Crippen molar-refractivity contribution in [3.63, 3.8) is 0 Å². The molecule has 0 bridgehead atoms. The SMILES string of the molecule is Cc1cc(NC(=O)c2c[nH]c3c2-c2nccn2[C@H](C)C3)n(C)n1. The number of nitrogens with one attached hydrogen (secondary N) is 2. The third-order valence-corrected chi connectivity index (χ3v) is 4.32. The third-order valence-electron chi connectivity index (χ3n) is 4.32. The minimum Gasteiger partial charge on any atom is -0.364 e. The van der Waals surface area contributed by atoms with Crippen molar-refractivity contribution in [2.24, 2.45) is 7.05 Å². The van der Waals surface area contributed by atoms with Gasteiger partial charge in [-0.1, -0.05) is 0 Å². The standard InChI is InChI=1S/C16H18N6O/c1-9-6-13(21(3)20-9)19-16(23)11-8-18-12-7-10(2)22-5-4-17-15(22)14(11)12/h4-6,8,10,18H,7H2,1-3H3,(H,19,23)/t10-/m1/s1. The Bertz CT molecular complexity index is 900. The van der Waals surface area contributed by atoms with Gasteiger partial charge in [0.2, 0.25) is 0 Å². The molecule has 1 aliphatic rings. The monoisotopic (exact) mass is 310 g/mol. The molecule has 3 aromatic heterocycles. The summed E-state index contributed by atoms with van der Waals surface area (Å²) >= 11 is 0. The molecule has 0 saturated heterocycles. The molecule has 2 N–H and O–H groups in total. The number of aromatic amines is 1. The first kappa shape index (κ1) is 13.8. The van der Waals surface area contributed by atoms with Gasteiger partial charge in [0.15, 0.2) is 0 Å². The van der Waals surface area contributed by atoms with Gasteiger partial charge in [0.05, 0.1) is 16.8 Å². The van der Waals surface area contributed by atoms with E-state index in [1.54, 1.807) is 17.1 Å². The molecule has 1 amide bonds. The van der Waals surface area contributed by atoms with Crippen LogP contribution in [0.1, 0.15) is 34.7 Å². The highest BCUT2D eigenvalue weighted by atomic mass is 16.1. The Hall–Kier alpha value is -2.83. The number of hydrogen-bond donors (Lipinski definition) is 2. The normalized spacial score (nSPS) is 16.0. The first-order chi connectivity index (χ1) is 11.0. The average Bonchev–Trinajstić information content (AvgIpc) is 3.17. The number of amides is 1. The summed E-state index contributed by atoms with van der Waals surface area (Å²) in [6.07, 6.45) is 6.36. The fourth-order valence-corrected chi connectivity index (χ4v) is 3.23. The quantitative estimate of drug-likeness (QED) is 0.762. The van der Waals surface area contributed by atoms with E-state index in [2.05, 4.69) is 31.9 Å². The van der Waals surface area contributed by atoms with Crippen LogP contribution in [0.15, 0.2) is 24.7 Å². The van der Waals surface area contributed by atoms with Crippen LogP contribution in [-0.2, 0) is 13.5 Å². The lowest BCUT2D eigenvalue weighted by Crippen LogP contribution is -2.19. The Labute approximate surface area is 133 Å². The molecule has 0 fully saturated rings. The van der Waals surface area contributed by atoms with Crippen molar-refractivity contribution in [3.8, 4) is 11.4 Å². The molecule has 1 atom stereocenters. The summed E-state index contributed by atoms with van der Waals surface area (Å²) in [7, 11) is 1.81. The molecule has 0 aromatic carbocycles.